The second-order valence-electron chi connectivity index (χ2n) is 3.88. The smallest absolute Gasteiger partial charge is 0.328 e. The zero-order valence-electron chi connectivity index (χ0n) is 8.10. The van der Waals surface area contributed by atoms with E-state index in [0.717, 1.165) is 0 Å². The average molecular weight is 210 g/mol. The van der Waals surface area contributed by atoms with Crippen molar-refractivity contribution >= 4 is 17.7 Å². The first-order valence-electron chi connectivity index (χ1n) is 4.62. The number of aliphatic carboxylic acids is 1. The van der Waals surface area contributed by atoms with E-state index in [1.54, 1.807) is 0 Å². The van der Waals surface area contributed by atoms with Crippen molar-refractivity contribution in [1.29, 1.82) is 0 Å². The van der Waals surface area contributed by atoms with Crippen molar-refractivity contribution in [2.75, 3.05) is 0 Å². The molecule has 3 atom stereocenters. The van der Waals surface area contributed by atoms with E-state index in [4.69, 9.17) is 9.84 Å². The van der Waals surface area contributed by atoms with E-state index in [2.05, 4.69) is 0 Å². The van der Waals surface area contributed by atoms with Crippen LogP contribution < -0.4 is 0 Å². The molecule has 0 amide bonds. The Bertz CT molecular complexity index is 383. The van der Waals surface area contributed by atoms with E-state index in [1.165, 1.54) is 19.1 Å². The maximum atomic E-state index is 11.5. The summed E-state index contributed by atoms with van der Waals surface area (Å²) in [5.41, 5.74) is -1.79. The molecule has 0 aromatic rings. The van der Waals surface area contributed by atoms with Gasteiger partial charge >= 0.3 is 11.9 Å². The van der Waals surface area contributed by atoms with Gasteiger partial charge in [0.2, 0.25) is 0 Å². The van der Waals surface area contributed by atoms with Gasteiger partial charge in [0.25, 0.3) is 0 Å². The minimum absolute atomic E-state index is 0.268. The van der Waals surface area contributed by atoms with Gasteiger partial charge < -0.3 is 9.84 Å². The van der Waals surface area contributed by atoms with Gasteiger partial charge in [-0.3, -0.25) is 14.4 Å². The second kappa shape index (κ2) is 2.92. The lowest BCUT2D eigenvalue weighted by Gasteiger charge is -2.41. The molecule has 0 aromatic carbocycles. The van der Waals surface area contributed by atoms with Gasteiger partial charge in [0.15, 0.2) is 5.41 Å². The molecule has 15 heavy (non-hydrogen) atoms. The van der Waals surface area contributed by atoms with Crippen molar-refractivity contribution in [2.24, 2.45) is 11.3 Å². The Morgan fingerprint density at radius 3 is 2.67 bits per heavy atom. The topological polar surface area (TPSA) is 80.7 Å². The summed E-state index contributed by atoms with van der Waals surface area (Å²) in [6, 6.07) is 0. The SMILES string of the molecule is CC(=O)[C@@H]1C[C@H]2C=C[C@]1(C(=O)O)C(=O)O2. The van der Waals surface area contributed by atoms with Crippen LogP contribution in [-0.4, -0.2) is 28.9 Å². The van der Waals surface area contributed by atoms with Crippen molar-refractivity contribution in [3.05, 3.63) is 12.2 Å². The monoisotopic (exact) mass is 210 g/mol. The molecule has 1 fully saturated rings. The fraction of sp³-hybridized carbons (Fsp3) is 0.500. The maximum absolute atomic E-state index is 11.5. The predicted molar refractivity (Wildman–Crippen MR) is 47.9 cm³/mol. The third-order valence-electron chi connectivity index (χ3n) is 3.03. The molecular formula is C10H10O5. The predicted octanol–water partition coefficient (Wildman–Crippen LogP) is 0.148. The summed E-state index contributed by atoms with van der Waals surface area (Å²) in [6.45, 7) is 1.30. The fourth-order valence-electron chi connectivity index (χ4n) is 2.20. The van der Waals surface area contributed by atoms with Crippen LogP contribution in [0.1, 0.15) is 13.3 Å². The van der Waals surface area contributed by atoms with E-state index >= 15 is 0 Å². The highest BCUT2D eigenvalue weighted by Gasteiger charge is 2.60. The molecule has 0 radical (unpaired) electrons. The van der Waals surface area contributed by atoms with Crippen LogP contribution in [0.4, 0.5) is 0 Å². The van der Waals surface area contributed by atoms with Gasteiger partial charge in [-0.05, 0) is 19.4 Å². The Kier molecular flexibility index (Phi) is 1.92. The quantitative estimate of drug-likeness (QED) is 0.398. The minimum atomic E-state index is -1.79. The summed E-state index contributed by atoms with van der Waals surface area (Å²) in [5.74, 6) is -3.23. The first kappa shape index (κ1) is 9.89. The van der Waals surface area contributed by atoms with Gasteiger partial charge in [-0.2, -0.15) is 0 Å². The molecule has 2 aliphatic heterocycles. The molecule has 80 valence electrons. The summed E-state index contributed by atoms with van der Waals surface area (Å²) >= 11 is 0. The zero-order chi connectivity index (χ0) is 11.2. The Hall–Kier alpha value is -1.65. The number of carbonyl (C=O) groups excluding carboxylic acids is 2. The molecule has 5 nitrogen and oxygen atoms in total. The van der Waals surface area contributed by atoms with Crippen LogP contribution in [0.2, 0.25) is 0 Å². The molecule has 3 aliphatic rings. The number of ketones is 1. The van der Waals surface area contributed by atoms with Crippen LogP contribution in [0, 0.1) is 11.3 Å². The van der Waals surface area contributed by atoms with Gasteiger partial charge in [-0.25, -0.2) is 0 Å². The largest absolute Gasteiger partial charge is 0.480 e. The highest BCUT2D eigenvalue weighted by Crippen LogP contribution is 2.44. The number of ether oxygens (including phenoxy) is 1. The lowest BCUT2D eigenvalue weighted by molar-refractivity contribution is -0.184. The molecule has 1 aliphatic carbocycles. The van der Waals surface area contributed by atoms with E-state index in [1.807, 2.05) is 0 Å². The van der Waals surface area contributed by atoms with Gasteiger partial charge in [0, 0.05) is 0 Å². The molecule has 1 N–H and O–H groups in total. The Morgan fingerprint density at radius 1 is 1.60 bits per heavy atom. The standard InChI is InChI=1S/C10H10O5/c1-5(11)7-4-6-2-3-10(7,8(12)13)9(14)15-6/h2-3,6-7H,4H2,1H3,(H,12,13)/t6-,7+,10+/m1/s1. The van der Waals surface area contributed by atoms with Crippen LogP contribution >= 0.6 is 0 Å². The second-order valence-corrected chi connectivity index (χ2v) is 3.88. The fourth-order valence-corrected chi connectivity index (χ4v) is 2.20. The van der Waals surface area contributed by atoms with Gasteiger partial charge in [-0.1, -0.05) is 6.08 Å². The molecule has 0 aromatic heterocycles. The number of hydrogen-bond acceptors (Lipinski definition) is 4. The third-order valence-corrected chi connectivity index (χ3v) is 3.03. The molecule has 0 spiro atoms. The number of carboxylic acid groups (broad SMARTS) is 1. The van der Waals surface area contributed by atoms with Crippen LogP contribution in [0.5, 0.6) is 0 Å². The van der Waals surface area contributed by atoms with Gasteiger partial charge in [-0.15, -0.1) is 0 Å². The number of carbonyl (C=O) groups is 3. The van der Waals surface area contributed by atoms with Crippen LogP contribution in [-0.2, 0) is 19.1 Å². The molecule has 3 rings (SSSR count). The average Bonchev–Trinajstić information content (AvgIpc) is 2.17. The van der Waals surface area contributed by atoms with E-state index < -0.39 is 29.4 Å². The molecular weight excluding hydrogens is 200 g/mol. The van der Waals surface area contributed by atoms with Crippen LogP contribution in [0.3, 0.4) is 0 Å². The van der Waals surface area contributed by atoms with E-state index in [-0.39, 0.29) is 12.2 Å². The lowest BCUT2D eigenvalue weighted by atomic mass is 9.66. The van der Waals surface area contributed by atoms with Crippen molar-refractivity contribution in [1.82, 2.24) is 0 Å². The molecule has 2 bridgehead atoms. The third kappa shape index (κ3) is 1.12. The number of Topliss-reactive ketones (excluding diaryl/α,β-unsaturated/α-hetero) is 1. The maximum Gasteiger partial charge on any atom is 0.328 e. The lowest BCUT2D eigenvalue weighted by Crippen LogP contribution is -2.56. The highest BCUT2D eigenvalue weighted by atomic mass is 16.6. The first-order chi connectivity index (χ1) is 6.98. The zero-order valence-corrected chi connectivity index (χ0v) is 8.10. The van der Waals surface area contributed by atoms with Crippen molar-refractivity contribution in [3.63, 3.8) is 0 Å². The Labute approximate surface area is 85.7 Å². The number of rotatable bonds is 2. The van der Waals surface area contributed by atoms with Gasteiger partial charge in [0.1, 0.15) is 11.9 Å². The summed E-state index contributed by atoms with van der Waals surface area (Å²) in [7, 11) is 0. The van der Waals surface area contributed by atoms with E-state index in [9.17, 15) is 14.4 Å². The number of esters is 1. The van der Waals surface area contributed by atoms with Crippen LogP contribution in [0.15, 0.2) is 12.2 Å². The molecule has 5 heteroatoms. The number of hydrogen-bond donors (Lipinski definition) is 1. The molecule has 0 unspecified atom stereocenters. The number of fused-ring (bicyclic) bond motifs is 2. The summed E-state index contributed by atoms with van der Waals surface area (Å²) in [4.78, 5) is 34.0. The normalized spacial score (nSPS) is 37.5. The highest BCUT2D eigenvalue weighted by molar-refractivity contribution is 6.07. The summed E-state index contributed by atoms with van der Waals surface area (Å²) in [6.07, 6.45) is 2.65. The molecule has 2 heterocycles. The first-order valence-corrected chi connectivity index (χ1v) is 4.62. The van der Waals surface area contributed by atoms with E-state index in [0.29, 0.717) is 0 Å². The summed E-state index contributed by atoms with van der Waals surface area (Å²) < 4.78 is 4.87. The van der Waals surface area contributed by atoms with Crippen LogP contribution in [0.25, 0.3) is 0 Å². The molecule has 0 saturated carbocycles. The van der Waals surface area contributed by atoms with Crippen molar-refractivity contribution in [2.45, 2.75) is 19.4 Å². The summed E-state index contributed by atoms with van der Waals surface area (Å²) in [5, 5.41) is 9.10. The minimum Gasteiger partial charge on any atom is -0.480 e. The van der Waals surface area contributed by atoms with Crippen molar-refractivity contribution in [3.8, 4) is 0 Å². The number of carboxylic acids is 1. The Morgan fingerprint density at radius 2 is 2.27 bits per heavy atom. The van der Waals surface area contributed by atoms with Gasteiger partial charge in [0.05, 0.1) is 5.92 Å². The van der Waals surface area contributed by atoms with Crippen molar-refractivity contribution < 1.29 is 24.2 Å². The molecule has 1 saturated heterocycles. The Balaban J connectivity index is 2.54.